The maximum atomic E-state index is 13.6. The summed E-state index contributed by atoms with van der Waals surface area (Å²) in [7, 11) is 0. The van der Waals surface area contributed by atoms with Gasteiger partial charge in [-0.1, -0.05) is 6.07 Å². The molecule has 0 amide bonds. The summed E-state index contributed by atoms with van der Waals surface area (Å²) in [6, 6.07) is 3.89. The van der Waals surface area contributed by atoms with Gasteiger partial charge in [-0.3, -0.25) is 10.1 Å². The maximum absolute atomic E-state index is 13.6. The van der Waals surface area contributed by atoms with Gasteiger partial charge in [-0.15, -0.1) is 0 Å². The van der Waals surface area contributed by atoms with Crippen molar-refractivity contribution in [2.75, 3.05) is 31.2 Å². The highest BCUT2D eigenvalue weighted by molar-refractivity contribution is 5.64. The predicted octanol–water partition coefficient (Wildman–Crippen LogP) is 1.57. The van der Waals surface area contributed by atoms with Crippen molar-refractivity contribution in [1.29, 1.82) is 0 Å². The first kappa shape index (κ1) is 10.8. The molecular weight excluding hydrogens is 215 g/mol. The van der Waals surface area contributed by atoms with Crippen molar-refractivity contribution in [1.82, 2.24) is 0 Å². The largest absolute Gasteiger partial charge is 0.378 e. The second kappa shape index (κ2) is 4.44. The van der Waals surface area contributed by atoms with Crippen molar-refractivity contribution >= 4 is 11.4 Å². The molecule has 5 nitrogen and oxygen atoms in total. The number of hydrogen-bond donors (Lipinski definition) is 0. The summed E-state index contributed by atoms with van der Waals surface area (Å²) in [5.41, 5.74) is -0.127. The highest BCUT2D eigenvalue weighted by Crippen LogP contribution is 2.31. The van der Waals surface area contributed by atoms with Gasteiger partial charge >= 0.3 is 0 Å². The molecule has 0 aliphatic carbocycles. The van der Waals surface area contributed by atoms with Gasteiger partial charge in [0.1, 0.15) is 0 Å². The maximum Gasteiger partial charge on any atom is 0.295 e. The molecule has 0 saturated carbocycles. The molecule has 1 aromatic rings. The average Bonchev–Trinajstić information content (AvgIpc) is 2.29. The van der Waals surface area contributed by atoms with E-state index in [1.165, 1.54) is 18.2 Å². The zero-order chi connectivity index (χ0) is 11.5. The van der Waals surface area contributed by atoms with Crippen molar-refractivity contribution in [3.63, 3.8) is 0 Å². The Bertz CT molecular complexity index is 405. The number of nitro groups is 1. The first-order chi connectivity index (χ1) is 7.70. The topological polar surface area (TPSA) is 55.6 Å². The van der Waals surface area contributed by atoms with Gasteiger partial charge in [0.25, 0.3) is 5.69 Å². The van der Waals surface area contributed by atoms with E-state index in [1.807, 2.05) is 0 Å². The SMILES string of the molecule is O=[N+]([O-])c1cccc(F)c1N1CCOCC1. The third-order valence-corrected chi connectivity index (χ3v) is 2.49. The van der Waals surface area contributed by atoms with Crippen molar-refractivity contribution in [2.24, 2.45) is 0 Å². The molecule has 86 valence electrons. The fourth-order valence-corrected chi connectivity index (χ4v) is 1.75. The summed E-state index contributed by atoms with van der Waals surface area (Å²) < 4.78 is 18.7. The molecule has 0 unspecified atom stereocenters. The van der Waals surface area contributed by atoms with E-state index < -0.39 is 10.7 Å². The van der Waals surface area contributed by atoms with Gasteiger partial charge in [0.05, 0.1) is 18.1 Å². The molecule has 1 fully saturated rings. The van der Waals surface area contributed by atoms with Crippen LogP contribution in [0, 0.1) is 15.9 Å². The van der Waals surface area contributed by atoms with E-state index in [-0.39, 0.29) is 11.4 Å². The molecule has 1 saturated heterocycles. The number of nitro benzene ring substituents is 1. The lowest BCUT2D eigenvalue weighted by Crippen LogP contribution is -2.37. The smallest absolute Gasteiger partial charge is 0.295 e. The van der Waals surface area contributed by atoms with Crippen LogP contribution in [0.25, 0.3) is 0 Å². The van der Waals surface area contributed by atoms with Crippen LogP contribution in [0.4, 0.5) is 15.8 Å². The second-order valence-electron chi connectivity index (χ2n) is 3.46. The molecule has 1 heterocycles. The molecule has 0 N–H and O–H groups in total. The first-order valence-electron chi connectivity index (χ1n) is 4.96. The van der Waals surface area contributed by atoms with Crippen molar-refractivity contribution in [3.8, 4) is 0 Å². The quantitative estimate of drug-likeness (QED) is 0.567. The van der Waals surface area contributed by atoms with Crippen LogP contribution >= 0.6 is 0 Å². The molecule has 2 rings (SSSR count). The minimum absolute atomic E-state index is 0.0656. The van der Waals surface area contributed by atoms with Crippen molar-refractivity contribution in [2.45, 2.75) is 0 Å². The summed E-state index contributed by atoms with van der Waals surface area (Å²) in [5.74, 6) is -0.559. The Morgan fingerprint density at radius 3 is 2.69 bits per heavy atom. The minimum Gasteiger partial charge on any atom is -0.378 e. The average molecular weight is 226 g/mol. The summed E-state index contributed by atoms with van der Waals surface area (Å²) in [5, 5.41) is 10.8. The Balaban J connectivity index is 2.40. The fraction of sp³-hybridized carbons (Fsp3) is 0.400. The van der Waals surface area contributed by atoms with Crippen molar-refractivity contribution in [3.05, 3.63) is 34.1 Å². The van der Waals surface area contributed by atoms with E-state index in [0.717, 1.165) is 0 Å². The lowest BCUT2D eigenvalue weighted by atomic mass is 10.2. The van der Waals surface area contributed by atoms with Gasteiger partial charge in [-0.05, 0) is 6.07 Å². The van der Waals surface area contributed by atoms with Gasteiger partial charge in [-0.25, -0.2) is 4.39 Å². The Hall–Kier alpha value is -1.69. The molecule has 0 aromatic heterocycles. The van der Waals surface area contributed by atoms with Gasteiger partial charge in [0.15, 0.2) is 11.5 Å². The van der Waals surface area contributed by atoms with Gasteiger partial charge in [0, 0.05) is 19.2 Å². The van der Waals surface area contributed by atoms with E-state index in [4.69, 9.17) is 4.74 Å². The van der Waals surface area contributed by atoms with Crippen LogP contribution in [0.2, 0.25) is 0 Å². The number of benzene rings is 1. The zero-order valence-corrected chi connectivity index (χ0v) is 8.56. The Morgan fingerprint density at radius 2 is 2.06 bits per heavy atom. The molecule has 0 radical (unpaired) electrons. The number of nitrogens with zero attached hydrogens (tertiary/aromatic N) is 2. The van der Waals surface area contributed by atoms with Crippen LogP contribution in [0.15, 0.2) is 18.2 Å². The third-order valence-electron chi connectivity index (χ3n) is 2.49. The van der Waals surface area contributed by atoms with Crippen LogP contribution in [-0.4, -0.2) is 31.2 Å². The summed E-state index contributed by atoms with van der Waals surface area (Å²) in [4.78, 5) is 11.9. The Morgan fingerprint density at radius 1 is 1.38 bits per heavy atom. The number of hydrogen-bond acceptors (Lipinski definition) is 4. The number of anilines is 1. The summed E-state index contributed by atoms with van der Waals surface area (Å²) >= 11 is 0. The molecule has 0 bridgehead atoms. The van der Waals surface area contributed by atoms with Crippen LogP contribution in [0.3, 0.4) is 0 Å². The molecule has 1 aliphatic rings. The second-order valence-corrected chi connectivity index (χ2v) is 3.46. The van der Waals surface area contributed by atoms with E-state index in [9.17, 15) is 14.5 Å². The zero-order valence-electron chi connectivity index (χ0n) is 8.56. The lowest BCUT2D eigenvalue weighted by Gasteiger charge is -2.28. The monoisotopic (exact) mass is 226 g/mol. The van der Waals surface area contributed by atoms with E-state index in [0.29, 0.717) is 26.3 Å². The van der Waals surface area contributed by atoms with E-state index in [2.05, 4.69) is 0 Å². The Labute approximate surface area is 91.6 Å². The van der Waals surface area contributed by atoms with Crippen molar-refractivity contribution < 1.29 is 14.1 Å². The van der Waals surface area contributed by atoms with Crippen LogP contribution in [0.1, 0.15) is 0 Å². The van der Waals surface area contributed by atoms with Gasteiger partial charge < -0.3 is 9.64 Å². The highest BCUT2D eigenvalue weighted by atomic mass is 19.1. The molecule has 6 heteroatoms. The molecule has 1 aromatic carbocycles. The molecule has 0 atom stereocenters. The number of morpholine rings is 1. The van der Waals surface area contributed by atoms with Crippen LogP contribution in [-0.2, 0) is 4.74 Å². The first-order valence-corrected chi connectivity index (χ1v) is 4.96. The highest BCUT2D eigenvalue weighted by Gasteiger charge is 2.24. The molecule has 1 aliphatic heterocycles. The van der Waals surface area contributed by atoms with E-state index >= 15 is 0 Å². The lowest BCUT2D eigenvalue weighted by molar-refractivity contribution is -0.384. The normalized spacial score (nSPS) is 16.2. The van der Waals surface area contributed by atoms with Gasteiger partial charge in [-0.2, -0.15) is 0 Å². The summed E-state index contributed by atoms with van der Waals surface area (Å²) in [6.07, 6.45) is 0. The standard InChI is InChI=1S/C10H11FN2O3/c11-8-2-1-3-9(13(14)15)10(8)12-4-6-16-7-5-12/h1-3H,4-7H2. The number of rotatable bonds is 2. The summed E-state index contributed by atoms with van der Waals surface area (Å²) in [6.45, 7) is 1.88. The van der Waals surface area contributed by atoms with E-state index in [1.54, 1.807) is 4.90 Å². The molecular formula is C10H11FN2O3. The van der Waals surface area contributed by atoms with Gasteiger partial charge in [0.2, 0.25) is 0 Å². The van der Waals surface area contributed by atoms with Crippen LogP contribution < -0.4 is 4.90 Å². The minimum atomic E-state index is -0.562. The third kappa shape index (κ3) is 1.96. The fourth-order valence-electron chi connectivity index (χ4n) is 1.75. The predicted molar refractivity (Wildman–Crippen MR) is 56.1 cm³/mol. The Kier molecular flexibility index (Phi) is 3.00. The number of halogens is 1. The number of para-hydroxylation sites is 1. The molecule has 0 spiro atoms. The molecule has 16 heavy (non-hydrogen) atoms. The van der Waals surface area contributed by atoms with Crippen LogP contribution in [0.5, 0.6) is 0 Å². The number of ether oxygens (including phenoxy) is 1.